The van der Waals surface area contributed by atoms with Crippen molar-refractivity contribution in [1.29, 1.82) is 5.26 Å². The number of nitrogens with one attached hydrogen (secondary N) is 2. The van der Waals surface area contributed by atoms with Gasteiger partial charge in [0.05, 0.1) is 19.6 Å². The lowest BCUT2D eigenvalue weighted by atomic mass is 10.1. The van der Waals surface area contributed by atoms with E-state index in [2.05, 4.69) is 26.7 Å². The number of anilines is 3. The van der Waals surface area contributed by atoms with E-state index < -0.39 is 0 Å². The molecule has 1 aromatic heterocycles. The van der Waals surface area contributed by atoms with E-state index >= 15 is 0 Å². The van der Waals surface area contributed by atoms with Crippen LogP contribution in [0.25, 0.3) is 0 Å². The summed E-state index contributed by atoms with van der Waals surface area (Å²) < 4.78 is 5.31. The molecule has 0 saturated carbocycles. The van der Waals surface area contributed by atoms with Crippen LogP contribution in [-0.4, -0.2) is 24.1 Å². The molecule has 0 atom stereocenters. The Morgan fingerprint density at radius 3 is 2.50 bits per heavy atom. The molecular formula is C14H15N5O. The van der Waals surface area contributed by atoms with Gasteiger partial charge in [-0.1, -0.05) is 12.1 Å². The minimum Gasteiger partial charge on any atom is -0.490 e. The number of ether oxygens (including phenoxy) is 1. The smallest absolute Gasteiger partial charge is 0.204 e. The minimum absolute atomic E-state index is 0.404. The number of nitriles is 1. The molecule has 0 aliphatic carbocycles. The van der Waals surface area contributed by atoms with Crippen molar-refractivity contribution < 1.29 is 4.74 Å². The van der Waals surface area contributed by atoms with Crippen LogP contribution >= 0.6 is 0 Å². The Bertz CT molecular complexity index is 618. The Morgan fingerprint density at radius 1 is 1.20 bits per heavy atom. The fourth-order valence-corrected chi connectivity index (χ4v) is 1.77. The van der Waals surface area contributed by atoms with Gasteiger partial charge in [-0.3, -0.25) is 0 Å². The van der Waals surface area contributed by atoms with Crippen LogP contribution in [0.5, 0.6) is 5.75 Å². The van der Waals surface area contributed by atoms with Crippen molar-refractivity contribution in [2.24, 2.45) is 0 Å². The Labute approximate surface area is 117 Å². The van der Waals surface area contributed by atoms with Crippen molar-refractivity contribution in [2.75, 3.05) is 24.8 Å². The fraction of sp³-hybridized carbons (Fsp3) is 0.214. The molecule has 2 rings (SSSR count). The van der Waals surface area contributed by atoms with Crippen molar-refractivity contribution >= 4 is 17.3 Å². The molecule has 2 N–H and O–H groups in total. The van der Waals surface area contributed by atoms with Gasteiger partial charge in [0.25, 0.3) is 0 Å². The van der Waals surface area contributed by atoms with Crippen LogP contribution in [0.2, 0.25) is 0 Å². The van der Waals surface area contributed by atoms with Gasteiger partial charge in [-0.15, -0.1) is 0 Å². The van der Waals surface area contributed by atoms with E-state index in [9.17, 15) is 0 Å². The largest absolute Gasteiger partial charge is 0.490 e. The first-order valence-electron chi connectivity index (χ1n) is 6.08. The Morgan fingerprint density at radius 2 is 1.90 bits per heavy atom. The van der Waals surface area contributed by atoms with E-state index in [0.717, 1.165) is 11.3 Å². The van der Waals surface area contributed by atoms with Gasteiger partial charge in [0.15, 0.2) is 11.6 Å². The maximum absolute atomic E-state index is 8.64. The molecule has 0 saturated heterocycles. The quantitative estimate of drug-likeness (QED) is 0.866. The van der Waals surface area contributed by atoms with E-state index in [-0.39, 0.29) is 0 Å². The predicted octanol–water partition coefficient (Wildman–Crippen LogP) is 2.34. The summed E-state index contributed by atoms with van der Waals surface area (Å²) >= 11 is 0. The van der Waals surface area contributed by atoms with Crippen molar-refractivity contribution in [3.05, 3.63) is 36.2 Å². The number of nitrogens with zero attached hydrogens (tertiary/aromatic N) is 3. The van der Waals surface area contributed by atoms with Gasteiger partial charge in [-0.05, 0) is 17.7 Å². The predicted molar refractivity (Wildman–Crippen MR) is 77.2 cm³/mol. The van der Waals surface area contributed by atoms with Crippen LogP contribution < -0.4 is 15.4 Å². The van der Waals surface area contributed by atoms with Crippen LogP contribution in [0.3, 0.4) is 0 Å². The minimum atomic E-state index is 0.404. The van der Waals surface area contributed by atoms with Gasteiger partial charge in [0.1, 0.15) is 6.33 Å². The second-order valence-electron chi connectivity index (χ2n) is 4.01. The van der Waals surface area contributed by atoms with Gasteiger partial charge in [-0.2, -0.15) is 5.26 Å². The number of aromatic nitrogens is 2. The van der Waals surface area contributed by atoms with Crippen molar-refractivity contribution in [1.82, 2.24) is 9.97 Å². The number of hydrogen-bond acceptors (Lipinski definition) is 6. The average Bonchev–Trinajstić information content (AvgIpc) is 2.49. The normalized spacial score (nSPS) is 9.65. The summed E-state index contributed by atoms with van der Waals surface area (Å²) in [7, 11) is 3.34. The van der Waals surface area contributed by atoms with Gasteiger partial charge in [-0.25, -0.2) is 9.97 Å². The average molecular weight is 269 g/mol. The number of hydrogen-bond donors (Lipinski definition) is 2. The maximum atomic E-state index is 8.64. The molecule has 20 heavy (non-hydrogen) atoms. The topological polar surface area (TPSA) is 82.9 Å². The molecule has 0 aliphatic rings. The van der Waals surface area contributed by atoms with Crippen LogP contribution in [0.15, 0.2) is 30.6 Å². The van der Waals surface area contributed by atoms with Crippen LogP contribution in [-0.2, 0) is 6.42 Å². The molecule has 1 aromatic carbocycles. The van der Waals surface area contributed by atoms with Gasteiger partial charge in [0, 0.05) is 12.7 Å². The second-order valence-corrected chi connectivity index (χ2v) is 4.01. The first-order valence-corrected chi connectivity index (χ1v) is 6.08. The summed E-state index contributed by atoms with van der Waals surface area (Å²) in [6.45, 7) is 0. The standard InChI is InChI=1S/C14H15N5O/c1-16-13-12(20-2)14(18-9-17-13)19-11-5-3-10(4-6-11)7-8-15/h3-6,9H,7H2,1-2H3,(H2,16,17,18,19). The molecule has 0 amide bonds. The molecule has 102 valence electrons. The molecular weight excluding hydrogens is 254 g/mol. The fourth-order valence-electron chi connectivity index (χ4n) is 1.77. The van der Waals surface area contributed by atoms with E-state index in [1.54, 1.807) is 14.2 Å². The summed E-state index contributed by atoms with van der Waals surface area (Å²) in [6.07, 6.45) is 1.86. The van der Waals surface area contributed by atoms with E-state index in [1.807, 2.05) is 24.3 Å². The van der Waals surface area contributed by atoms with Crippen molar-refractivity contribution in [3.8, 4) is 11.8 Å². The number of benzene rings is 1. The zero-order valence-electron chi connectivity index (χ0n) is 11.3. The molecule has 1 heterocycles. The molecule has 2 aromatic rings. The zero-order chi connectivity index (χ0) is 14.4. The lowest BCUT2D eigenvalue weighted by Gasteiger charge is -2.12. The van der Waals surface area contributed by atoms with Crippen molar-refractivity contribution in [3.63, 3.8) is 0 Å². The van der Waals surface area contributed by atoms with E-state index in [4.69, 9.17) is 10.00 Å². The number of methoxy groups -OCH3 is 1. The third kappa shape index (κ3) is 2.95. The van der Waals surface area contributed by atoms with Gasteiger partial charge in [0.2, 0.25) is 5.75 Å². The third-order valence-electron chi connectivity index (χ3n) is 2.74. The summed E-state index contributed by atoms with van der Waals surface area (Å²) in [5.41, 5.74) is 1.84. The van der Waals surface area contributed by atoms with Gasteiger partial charge < -0.3 is 15.4 Å². The molecule has 0 bridgehead atoms. The highest BCUT2D eigenvalue weighted by Crippen LogP contribution is 2.30. The highest BCUT2D eigenvalue weighted by molar-refractivity contribution is 5.69. The first-order chi connectivity index (χ1) is 9.78. The Balaban J connectivity index is 2.23. The highest BCUT2D eigenvalue weighted by atomic mass is 16.5. The van der Waals surface area contributed by atoms with Crippen LogP contribution in [0.4, 0.5) is 17.3 Å². The van der Waals surface area contributed by atoms with Crippen molar-refractivity contribution in [2.45, 2.75) is 6.42 Å². The molecule has 0 spiro atoms. The SMILES string of the molecule is CNc1ncnc(Nc2ccc(CC#N)cc2)c1OC. The lowest BCUT2D eigenvalue weighted by molar-refractivity contribution is 0.415. The molecule has 6 heteroatoms. The molecule has 0 radical (unpaired) electrons. The van der Waals surface area contributed by atoms with E-state index in [0.29, 0.717) is 23.8 Å². The first kappa shape index (κ1) is 13.6. The molecule has 6 nitrogen and oxygen atoms in total. The van der Waals surface area contributed by atoms with Crippen LogP contribution in [0.1, 0.15) is 5.56 Å². The van der Waals surface area contributed by atoms with E-state index in [1.165, 1.54) is 6.33 Å². The summed E-state index contributed by atoms with van der Waals surface area (Å²) in [5.74, 6) is 1.75. The van der Waals surface area contributed by atoms with Crippen LogP contribution in [0, 0.1) is 11.3 Å². The molecule has 0 fully saturated rings. The highest BCUT2D eigenvalue weighted by Gasteiger charge is 2.10. The summed E-state index contributed by atoms with van der Waals surface area (Å²) in [5, 5.41) is 14.8. The second kappa shape index (κ2) is 6.38. The summed E-state index contributed by atoms with van der Waals surface area (Å²) in [6, 6.07) is 9.71. The van der Waals surface area contributed by atoms with Gasteiger partial charge >= 0.3 is 0 Å². The number of rotatable bonds is 5. The maximum Gasteiger partial charge on any atom is 0.204 e. The summed E-state index contributed by atoms with van der Waals surface area (Å²) in [4.78, 5) is 8.26. The molecule has 0 aliphatic heterocycles. The third-order valence-corrected chi connectivity index (χ3v) is 2.74. The monoisotopic (exact) mass is 269 g/mol. The lowest BCUT2D eigenvalue weighted by Crippen LogP contribution is -2.03. The molecule has 0 unspecified atom stereocenters. The Kier molecular flexibility index (Phi) is 4.35. The Hall–Kier alpha value is -2.81. The zero-order valence-corrected chi connectivity index (χ0v) is 11.3.